The number of benzene rings is 4. The molecule has 6 aromatic rings. The Bertz CT molecular complexity index is 1700. The maximum atomic E-state index is 9.06. The first-order valence-electron chi connectivity index (χ1n) is 11.8. The average Bonchev–Trinajstić information content (AvgIpc) is 2.97. The minimum absolute atomic E-state index is 0.480. The van der Waals surface area contributed by atoms with E-state index in [9.17, 15) is 0 Å². The zero-order valence-electron chi connectivity index (χ0n) is 19.7. The Kier molecular flexibility index (Phi) is 6.11. The highest BCUT2D eigenvalue weighted by atomic mass is 16.5. The Balaban J connectivity index is 1.50. The lowest BCUT2D eigenvalue weighted by molar-refractivity contribution is 0.454. The average molecular weight is 479 g/mol. The zero-order valence-corrected chi connectivity index (χ0v) is 19.7. The van der Waals surface area contributed by atoms with Gasteiger partial charge in [0.25, 0.3) is 0 Å². The number of fused-ring (bicyclic) bond motifs is 1. The first kappa shape index (κ1) is 22.6. The van der Waals surface area contributed by atoms with E-state index in [1.165, 1.54) is 0 Å². The van der Waals surface area contributed by atoms with E-state index < -0.39 is 0 Å². The topological polar surface area (TPSA) is 81.0 Å². The molecule has 0 bridgehead atoms. The third kappa shape index (κ3) is 4.68. The molecule has 0 saturated carbocycles. The van der Waals surface area contributed by atoms with Crippen LogP contribution in [0.3, 0.4) is 0 Å². The summed E-state index contributed by atoms with van der Waals surface area (Å²) >= 11 is 0. The van der Waals surface area contributed by atoms with Crippen molar-refractivity contribution in [1.82, 2.24) is 19.9 Å². The molecule has 37 heavy (non-hydrogen) atoms. The summed E-state index contributed by atoms with van der Waals surface area (Å²) in [5.74, 6) is 2.11. The van der Waals surface area contributed by atoms with Gasteiger partial charge >= 0.3 is 7.69 Å². The molecule has 0 saturated heterocycles. The van der Waals surface area contributed by atoms with Crippen LogP contribution in [0.4, 0.5) is 0 Å². The van der Waals surface area contributed by atoms with Crippen molar-refractivity contribution in [2.24, 2.45) is 0 Å². The van der Waals surface area contributed by atoms with Gasteiger partial charge in [0.05, 0.1) is 5.52 Å². The summed E-state index contributed by atoms with van der Waals surface area (Å²) in [4.78, 5) is 19.1. The molecule has 6 nitrogen and oxygen atoms in total. The number of aromatic nitrogens is 4. The van der Waals surface area contributed by atoms with Gasteiger partial charge in [-0.2, -0.15) is 0 Å². The van der Waals surface area contributed by atoms with Crippen LogP contribution in [0.15, 0.2) is 115 Å². The van der Waals surface area contributed by atoms with Crippen molar-refractivity contribution in [3.8, 4) is 51.0 Å². The van der Waals surface area contributed by atoms with E-state index in [-0.39, 0.29) is 0 Å². The Hall–Kier alpha value is -4.88. The Labute approximate surface area is 214 Å². The van der Waals surface area contributed by atoms with E-state index in [1.54, 1.807) is 12.1 Å². The van der Waals surface area contributed by atoms with E-state index in [0.717, 1.165) is 38.7 Å². The Morgan fingerprint density at radius 2 is 1.19 bits per heavy atom. The molecule has 0 aliphatic rings. The summed E-state index contributed by atoms with van der Waals surface area (Å²) < 4.78 is 5.15. The van der Waals surface area contributed by atoms with Crippen molar-refractivity contribution in [3.63, 3.8) is 0 Å². The van der Waals surface area contributed by atoms with Gasteiger partial charge in [0.1, 0.15) is 5.75 Å². The monoisotopic (exact) mass is 479 g/mol. The van der Waals surface area contributed by atoms with Gasteiger partial charge in [0.15, 0.2) is 17.5 Å². The molecule has 175 valence electrons. The Morgan fingerprint density at radius 1 is 0.568 bits per heavy atom. The van der Waals surface area contributed by atoms with Crippen molar-refractivity contribution in [2.45, 2.75) is 0 Å². The number of pyridine rings is 1. The molecule has 2 heterocycles. The lowest BCUT2D eigenvalue weighted by Crippen LogP contribution is -2.02. The largest absolute Gasteiger partial charge is 0.569 e. The van der Waals surface area contributed by atoms with Gasteiger partial charge in [-0.1, -0.05) is 84.9 Å². The molecule has 0 aliphatic carbocycles. The quantitative estimate of drug-likeness (QED) is 0.296. The minimum Gasteiger partial charge on any atom is -0.537 e. The molecule has 1 N–H and O–H groups in total. The predicted molar refractivity (Wildman–Crippen MR) is 145 cm³/mol. The summed E-state index contributed by atoms with van der Waals surface area (Å²) in [6.45, 7) is 0. The van der Waals surface area contributed by atoms with Crippen LogP contribution >= 0.6 is 0 Å². The zero-order chi connectivity index (χ0) is 25.0. The second kappa shape index (κ2) is 10.0. The first-order valence-corrected chi connectivity index (χ1v) is 11.8. The molecule has 0 atom stereocenters. The van der Waals surface area contributed by atoms with E-state index in [4.69, 9.17) is 24.6 Å². The van der Waals surface area contributed by atoms with Crippen LogP contribution in [0.1, 0.15) is 0 Å². The number of para-hydroxylation sites is 1. The molecule has 0 unspecified atom stereocenters. The van der Waals surface area contributed by atoms with Crippen LogP contribution in [0.2, 0.25) is 0 Å². The van der Waals surface area contributed by atoms with E-state index >= 15 is 0 Å². The molecule has 0 spiro atoms. The highest BCUT2D eigenvalue weighted by molar-refractivity contribution is 6.17. The lowest BCUT2D eigenvalue weighted by atomic mass is 10.00. The fraction of sp³-hybridized carbons (Fsp3) is 0. The molecule has 0 amide bonds. The highest BCUT2D eigenvalue weighted by Crippen LogP contribution is 2.31. The predicted octanol–water partition coefficient (Wildman–Crippen LogP) is 5.99. The van der Waals surface area contributed by atoms with Gasteiger partial charge in [-0.25, -0.2) is 15.0 Å². The number of hydrogen-bond acceptors (Lipinski definition) is 6. The number of hydrogen-bond donors (Lipinski definition) is 1. The van der Waals surface area contributed by atoms with Gasteiger partial charge < -0.3 is 9.68 Å². The van der Waals surface area contributed by atoms with E-state index in [2.05, 4.69) is 35.3 Å². The van der Waals surface area contributed by atoms with Crippen LogP contribution in [0, 0.1) is 0 Å². The number of rotatable bonds is 6. The molecule has 2 aromatic heterocycles. The van der Waals surface area contributed by atoms with E-state index in [0.29, 0.717) is 30.9 Å². The maximum Gasteiger partial charge on any atom is 0.569 e. The summed E-state index contributed by atoms with van der Waals surface area (Å²) in [5, 5.41) is 10.1. The van der Waals surface area contributed by atoms with Gasteiger partial charge in [0.2, 0.25) is 0 Å². The van der Waals surface area contributed by atoms with E-state index in [1.807, 2.05) is 72.9 Å². The second-order valence-electron chi connectivity index (χ2n) is 8.38. The van der Waals surface area contributed by atoms with Gasteiger partial charge in [-0.15, -0.1) is 0 Å². The van der Waals surface area contributed by atoms with Gasteiger partial charge in [-0.05, 0) is 29.8 Å². The molecule has 7 heteroatoms. The first-order chi connectivity index (χ1) is 18.3. The van der Waals surface area contributed by atoms with Crippen molar-refractivity contribution < 1.29 is 9.68 Å². The van der Waals surface area contributed by atoms with Crippen molar-refractivity contribution in [1.29, 1.82) is 0 Å². The van der Waals surface area contributed by atoms with Crippen LogP contribution < -0.4 is 4.65 Å². The SMILES string of the molecule is O[B]Oc1cccc(-c2nc(-c3ccccc3)nc(-c3cccc(-c4cccc5cccnc45)c3)n2)c1. The summed E-state index contributed by atoms with van der Waals surface area (Å²) in [5.41, 5.74) is 5.51. The van der Waals surface area contributed by atoms with Crippen LogP contribution in [0.5, 0.6) is 5.75 Å². The van der Waals surface area contributed by atoms with Crippen LogP contribution in [0.25, 0.3) is 56.2 Å². The summed E-state index contributed by atoms with van der Waals surface area (Å²) in [6.07, 6.45) is 1.81. The third-order valence-corrected chi connectivity index (χ3v) is 6.01. The van der Waals surface area contributed by atoms with Gasteiger partial charge in [0, 0.05) is 33.8 Å². The summed E-state index contributed by atoms with van der Waals surface area (Å²) in [6, 6.07) is 35.4. The molecule has 4 aromatic carbocycles. The second-order valence-corrected chi connectivity index (χ2v) is 8.38. The maximum absolute atomic E-state index is 9.06. The lowest BCUT2D eigenvalue weighted by Gasteiger charge is -2.11. The Morgan fingerprint density at radius 3 is 1.97 bits per heavy atom. The third-order valence-electron chi connectivity index (χ3n) is 6.01. The molecule has 6 rings (SSSR count). The minimum atomic E-state index is 0.480. The van der Waals surface area contributed by atoms with Crippen molar-refractivity contribution in [2.75, 3.05) is 0 Å². The van der Waals surface area contributed by atoms with Crippen molar-refractivity contribution in [3.05, 3.63) is 115 Å². The highest BCUT2D eigenvalue weighted by Gasteiger charge is 2.14. The van der Waals surface area contributed by atoms with Crippen LogP contribution in [-0.4, -0.2) is 32.6 Å². The molecule has 0 aliphatic heterocycles. The molecular weight excluding hydrogens is 459 g/mol. The van der Waals surface area contributed by atoms with Gasteiger partial charge in [-0.3, -0.25) is 4.98 Å². The number of nitrogens with zero attached hydrogens (tertiary/aromatic N) is 4. The summed E-state index contributed by atoms with van der Waals surface area (Å²) in [7, 11) is 0.654. The molecule has 1 radical (unpaired) electrons. The van der Waals surface area contributed by atoms with Crippen molar-refractivity contribution >= 4 is 18.6 Å². The van der Waals surface area contributed by atoms with Crippen LogP contribution in [-0.2, 0) is 0 Å². The normalized spacial score (nSPS) is 10.8. The smallest absolute Gasteiger partial charge is 0.537 e. The molecular formula is C30H20BN4O2. The fourth-order valence-electron chi connectivity index (χ4n) is 4.28. The standard InChI is InChI=1S/C30H20BN4O2/c36-31-37-25-15-5-13-24(19-25)30-34-28(21-8-2-1-3-9-21)33-29(35-30)23-12-4-11-22(18-23)26-16-6-10-20-14-7-17-32-27(20)26/h1-19,36H. The molecule has 0 fully saturated rings. The fourth-order valence-corrected chi connectivity index (χ4v) is 4.28.